The number of aryl methyl sites for hydroxylation is 1. The van der Waals surface area contributed by atoms with Crippen molar-refractivity contribution >= 4 is 6.08 Å². The van der Waals surface area contributed by atoms with Crippen molar-refractivity contribution in [1.29, 1.82) is 0 Å². The summed E-state index contributed by atoms with van der Waals surface area (Å²) in [6.45, 7) is 5.71. The van der Waals surface area contributed by atoms with E-state index in [0.717, 1.165) is 16.9 Å². The number of hydrogen-bond acceptors (Lipinski definition) is 1. The van der Waals surface area contributed by atoms with E-state index in [0.29, 0.717) is 0 Å². The van der Waals surface area contributed by atoms with Crippen LogP contribution in [0.15, 0.2) is 24.8 Å². The van der Waals surface area contributed by atoms with Crippen LogP contribution in [0, 0.1) is 6.92 Å². The number of methoxy groups -OCH3 is 1. The zero-order valence-corrected chi connectivity index (χ0v) is 6.92. The van der Waals surface area contributed by atoms with E-state index in [4.69, 9.17) is 4.74 Å². The van der Waals surface area contributed by atoms with E-state index in [1.165, 1.54) is 0 Å². The van der Waals surface area contributed by atoms with Crippen molar-refractivity contribution in [3.63, 3.8) is 0 Å². The average Bonchev–Trinajstić information content (AvgIpc) is 2.04. The minimum absolute atomic E-state index is 0.926. The quantitative estimate of drug-likeness (QED) is 0.626. The summed E-state index contributed by atoms with van der Waals surface area (Å²) in [7, 11) is 1.68. The molecule has 0 fully saturated rings. The lowest BCUT2D eigenvalue weighted by Crippen LogP contribution is -1.86. The standard InChI is InChI=1S/C10H12O/c1-4-9-5-6-10(11-3)8(2)7-9/h4-7H,1H2,2-3H3. The first kappa shape index (κ1) is 7.86. The summed E-state index contributed by atoms with van der Waals surface area (Å²) in [4.78, 5) is 0. The molecule has 0 N–H and O–H groups in total. The van der Waals surface area contributed by atoms with Crippen LogP contribution in [0.5, 0.6) is 5.75 Å². The fourth-order valence-electron chi connectivity index (χ4n) is 1.03. The second-order valence-electron chi connectivity index (χ2n) is 2.43. The lowest BCUT2D eigenvalue weighted by molar-refractivity contribution is 0.411. The van der Waals surface area contributed by atoms with Crippen LogP contribution in [-0.2, 0) is 0 Å². The first-order chi connectivity index (χ1) is 5.27. The van der Waals surface area contributed by atoms with Crippen LogP contribution >= 0.6 is 0 Å². The van der Waals surface area contributed by atoms with Gasteiger partial charge in [-0.15, -0.1) is 0 Å². The third-order valence-electron chi connectivity index (χ3n) is 1.65. The molecule has 0 amide bonds. The van der Waals surface area contributed by atoms with Gasteiger partial charge in [0.05, 0.1) is 7.11 Å². The molecule has 58 valence electrons. The Labute approximate surface area is 67.3 Å². The zero-order chi connectivity index (χ0) is 8.27. The summed E-state index contributed by atoms with van der Waals surface area (Å²) in [5.74, 6) is 0.926. The van der Waals surface area contributed by atoms with Crippen LogP contribution in [0.4, 0.5) is 0 Å². The number of benzene rings is 1. The maximum Gasteiger partial charge on any atom is 0.121 e. The van der Waals surface area contributed by atoms with Gasteiger partial charge in [0, 0.05) is 0 Å². The largest absolute Gasteiger partial charge is 0.496 e. The Morgan fingerprint density at radius 1 is 1.45 bits per heavy atom. The summed E-state index contributed by atoms with van der Waals surface area (Å²) in [5.41, 5.74) is 2.27. The molecule has 0 aliphatic rings. The van der Waals surface area contributed by atoms with Crippen molar-refractivity contribution in [3.8, 4) is 5.75 Å². The Hall–Kier alpha value is -1.24. The van der Waals surface area contributed by atoms with Crippen molar-refractivity contribution in [2.75, 3.05) is 7.11 Å². The SMILES string of the molecule is C=Cc1ccc(OC)c(C)c1. The van der Waals surface area contributed by atoms with Gasteiger partial charge in [-0.3, -0.25) is 0 Å². The van der Waals surface area contributed by atoms with Gasteiger partial charge in [-0.1, -0.05) is 18.7 Å². The molecule has 1 nitrogen and oxygen atoms in total. The van der Waals surface area contributed by atoms with Crippen LogP contribution in [0.25, 0.3) is 6.08 Å². The molecule has 0 saturated heterocycles. The first-order valence-corrected chi connectivity index (χ1v) is 3.55. The monoisotopic (exact) mass is 148 g/mol. The molecule has 0 unspecified atom stereocenters. The fraction of sp³-hybridized carbons (Fsp3) is 0.200. The number of hydrogen-bond donors (Lipinski definition) is 0. The van der Waals surface area contributed by atoms with E-state index in [9.17, 15) is 0 Å². The Kier molecular flexibility index (Phi) is 2.32. The molecule has 0 aliphatic carbocycles. The highest BCUT2D eigenvalue weighted by Gasteiger charge is 1.95. The fourth-order valence-corrected chi connectivity index (χ4v) is 1.03. The highest BCUT2D eigenvalue weighted by atomic mass is 16.5. The second-order valence-corrected chi connectivity index (χ2v) is 2.43. The third kappa shape index (κ3) is 1.61. The Balaban J connectivity index is 3.09. The van der Waals surface area contributed by atoms with Gasteiger partial charge in [0.1, 0.15) is 5.75 Å². The van der Waals surface area contributed by atoms with E-state index < -0.39 is 0 Å². The van der Waals surface area contributed by atoms with Crippen molar-refractivity contribution < 1.29 is 4.74 Å². The number of ether oxygens (including phenoxy) is 1. The summed E-state index contributed by atoms with van der Waals surface area (Å²) < 4.78 is 5.11. The molecule has 1 aromatic carbocycles. The molecule has 1 heteroatoms. The highest BCUT2D eigenvalue weighted by molar-refractivity contribution is 5.51. The molecular formula is C10H12O. The average molecular weight is 148 g/mol. The van der Waals surface area contributed by atoms with Gasteiger partial charge in [-0.25, -0.2) is 0 Å². The molecular weight excluding hydrogens is 136 g/mol. The summed E-state index contributed by atoms with van der Waals surface area (Å²) in [6.07, 6.45) is 1.83. The second kappa shape index (κ2) is 3.24. The van der Waals surface area contributed by atoms with Crippen LogP contribution in [-0.4, -0.2) is 7.11 Å². The minimum atomic E-state index is 0.926. The molecule has 1 rings (SSSR count). The molecule has 0 bridgehead atoms. The van der Waals surface area contributed by atoms with E-state index >= 15 is 0 Å². The van der Waals surface area contributed by atoms with Crippen molar-refractivity contribution in [2.24, 2.45) is 0 Å². The molecule has 0 aromatic heterocycles. The predicted octanol–water partition coefficient (Wildman–Crippen LogP) is 2.65. The molecule has 0 saturated carbocycles. The summed E-state index contributed by atoms with van der Waals surface area (Å²) >= 11 is 0. The van der Waals surface area contributed by atoms with Gasteiger partial charge < -0.3 is 4.74 Å². The van der Waals surface area contributed by atoms with Crippen LogP contribution in [0.3, 0.4) is 0 Å². The zero-order valence-electron chi connectivity index (χ0n) is 6.92. The maximum atomic E-state index is 5.11. The molecule has 1 aromatic rings. The lowest BCUT2D eigenvalue weighted by atomic mass is 10.1. The van der Waals surface area contributed by atoms with Gasteiger partial charge in [0.2, 0.25) is 0 Å². The van der Waals surface area contributed by atoms with Crippen LogP contribution in [0.1, 0.15) is 11.1 Å². The topological polar surface area (TPSA) is 9.23 Å². The summed E-state index contributed by atoms with van der Waals surface area (Å²) in [5, 5.41) is 0. The minimum Gasteiger partial charge on any atom is -0.496 e. The van der Waals surface area contributed by atoms with Gasteiger partial charge in [-0.2, -0.15) is 0 Å². The Bertz CT molecular complexity index is 264. The van der Waals surface area contributed by atoms with Gasteiger partial charge in [0.15, 0.2) is 0 Å². The van der Waals surface area contributed by atoms with Gasteiger partial charge >= 0.3 is 0 Å². The van der Waals surface area contributed by atoms with Crippen LogP contribution < -0.4 is 4.74 Å². The van der Waals surface area contributed by atoms with E-state index in [1.54, 1.807) is 7.11 Å². The van der Waals surface area contributed by atoms with Gasteiger partial charge in [-0.05, 0) is 30.2 Å². The molecule has 0 radical (unpaired) electrons. The van der Waals surface area contributed by atoms with E-state index in [2.05, 4.69) is 6.58 Å². The molecule has 11 heavy (non-hydrogen) atoms. The highest BCUT2D eigenvalue weighted by Crippen LogP contribution is 2.18. The van der Waals surface area contributed by atoms with E-state index in [1.807, 2.05) is 31.2 Å². The summed E-state index contributed by atoms with van der Waals surface area (Å²) in [6, 6.07) is 5.98. The normalized spacial score (nSPS) is 9.27. The van der Waals surface area contributed by atoms with Gasteiger partial charge in [0.25, 0.3) is 0 Å². The van der Waals surface area contributed by atoms with Crippen LogP contribution in [0.2, 0.25) is 0 Å². The molecule has 0 heterocycles. The first-order valence-electron chi connectivity index (χ1n) is 3.55. The predicted molar refractivity (Wildman–Crippen MR) is 47.8 cm³/mol. The molecule has 0 spiro atoms. The van der Waals surface area contributed by atoms with Crippen molar-refractivity contribution in [3.05, 3.63) is 35.9 Å². The molecule has 0 aliphatic heterocycles. The maximum absolute atomic E-state index is 5.11. The Morgan fingerprint density at radius 2 is 2.18 bits per heavy atom. The number of rotatable bonds is 2. The van der Waals surface area contributed by atoms with Crippen molar-refractivity contribution in [2.45, 2.75) is 6.92 Å². The molecule has 0 atom stereocenters. The third-order valence-corrected chi connectivity index (χ3v) is 1.65. The Morgan fingerprint density at radius 3 is 2.64 bits per heavy atom. The smallest absolute Gasteiger partial charge is 0.121 e. The van der Waals surface area contributed by atoms with Crippen molar-refractivity contribution in [1.82, 2.24) is 0 Å². The van der Waals surface area contributed by atoms with E-state index in [-0.39, 0.29) is 0 Å². The lowest BCUT2D eigenvalue weighted by Gasteiger charge is -2.03.